The first-order chi connectivity index (χ1) is 10.0. The van der Waals surface area contributed by atoms with Gasteiger partial charge in [-0.2, -0.15) is 0 Å². The van der Waals surface area contributed by atoms with Crippen LogP contribution in [-0.4, -0.2) is 28.6 Å². The van der Waals surface area contributed by atoms with Crippen molar-refractivity contribution in [1.29, 1.82) is 0 Å². The molecule has 0 saturated carbocycles. The molecule has 0 unspecified atom stereocenters. The van der Waals surface area contributed by atoms with E-state index >= 15 is 0 Å². The van der Waals surface area contributed by atoms with Crippen molar-refractivity contribution in [3.8, 4) is 5.75 Å². The lowest BCUT2D eigenvalue weighted by molar-refractivity contribution is -0.129. The van der Waals surface area contributed by atoms with Crippen molar-refractivity contribution in [3.63, 3.8) is 0 Å². The van der Waals surface area contributed by atoms with Gasteiger partial charge in [0.05, 0.1) is 6.61 Å². The molecule has 0 bridgehead atoms. The molecule has 1 aromatic carbocycles. The molecule has 2 rings (SSSR count). The molecule has 1 aliphatic rings. The zero-order valence-electron chi connectivity index (χ0n) is 12.1. The molecule has 0 radical (unpaired) electrons. The average Bonchev–Trinajstić information content (AvgIpc) is 2.83. The van der Waals surface area contributed by atoms with Crippen molar-refractivity contribution in [2.75, 3.05) is 6.61 Å². The zero-order chi connectivity index (χ0) is 15.4. The van der Waals surface area contributed by atoms with Gasteiger partial charge in [0.2, 0.25) is 11.8 Å². The number of amidine groups is 1. The Labute approximate surface area is 127 Å². The lowest BCUT2D eigenvalue weighted by Crippen LogP contribution is -2.25. The summed E-state index contributed by atoms with van der Waals surface area (Å²) in [4.78, 5) is 22.8. The Morgan fingerprint density at radius 1 is 1.33 bits per heavy atom. The third-order valence-electron chi connectivity index (χ3n) is 2.73. The Kier molecular flexibility index (Phi) is 4.85. The smallest absolute Gasteiger partial charge is 0.241 e. The Hall–Kier alpha value is -2.02. The van der Waals surface area contributed by atoms with Gasteiger partial charge < -0.3 is 10.1 Å². The second-order valence-electron chi connectivity index (χ2n) is 4.42. The molecule has 6 nitrogen and oxygen atoms in total. The SMILES string of the molecule is CCOc1ccc([C@@H]2SC(NC(C)=O)=NN2C(C)=O)cc1. The molecular weight excluding hydrogens is 290 g/mol. The largest absolute Gasteiger partial charge is 0.494 e. The molecule has 1 aliphatic heterocycles. The molecule has 0 fully saturated rings. The normalized spacial score (nSPS) is 17.4. The quantitative estimate of drug-likeness (QED) is 0.928. The van der Waals surface area contributed by atoms with Crippen LogP contribution in [0.5, 0.6) is 5.75 Å². The van der Waals surface area contributed by atoms with Gasteiger partial charge in [0.1, 0.15) is 11.1 Å². The number of amides is 2. The molecule has 1 aromatic rings. The highest BCUT2D eigenvalue weighted by Crippen LogP contribution is 2.39. The minimum atomic E-state index is -0.278. The third kappa shape index (κ3) is 3.75. The zero-order valence-corrected chi connectivity index (χ0v) is 12.9. The molecule has 1 N–H and O–H groups in total. The van der Waals surface area contributed by atoms with Gasteiger partial charge in [0.25, 0.3) is 0 Å². The van der Waals surface area contributed by atoms with Crippen LogP contribution in [0.3, 0.4) is 0 Å². The number of nitrogens with zero attached hydrogens (tertiary/aromatic N) is 2. The maximum Gasteiger partial charge on any atom is 0.241 e. The van der Waals surface area contributed by atoms with Crippen molar-refractivity contribution in [3.05, 3.63) is 29.8 Å². The summed E-state index contributed by atoms with van der Waals surface area (Å²) in [6.07, 6.45) is 0. The van der Waals surface area contributed by atoms with Gasteiger partial charge in [-0.25, -0.2) is 5.01 Å². The first kappa shape index (κ1) is 15.4. The van der Waals surface area contributed by atoms with Gasteiger partial charge in [-0.05, 0) is 24.6 Å². The van der Waals surface area contributed by atoms with E-state index in [9.17, 15) is 9.59 Å². The number of benzene rings is 1. The summed E-state index contributed by atoms with van der Waals surface area (Å²) in [7, 11) is 0. The fraction of sp³-hybridized carbons (Fsp3) is 0.357. The lowest BCUT2D eigenvalue weighted by Gasteiger charge is -2.19. The number of hydrazone groups is 1. The summed E-state index contributed by atoms with van der Waals surface area (Å²) in [6, 6.07) is 7.50. The highest BCUT2D eigenvalue weighted by Gasteiger charge is 2.32. The summed E-state index contributed by atoms with van der Waals surface area (Å²) >= 11 is 1.33. The van der Waals surface area contributed by atoms with Crippen LogP contribution in [0.4, 0.5) is 0 Å². The first-order valence-electron chi connectivity index (χ1n) is 6.56. The third-order valence-corrected chi connectivity index (χ3v) is 3.83. The topological polar surface area (TPSA) is 71.0 Å². The van der Waals surface area contributed by atoms with Crippen LogP contribution >= 0.6 is 11.8 Å². The average molecular weight is 307 g/mol. The number of ether oxygens (including phenoxy) is 1. The number of hydrogen-bond acceptors (Lipinski definition) is 5. The molecule has 7 heteroatoms. The molecular formula is C14H17N3O3S. The predicted molar refractivity (Wildman–Crippen MR) is 81.7 cm³/mol. The molecule has 0 saturated heterocycles. The summed E-state index contributed by atoms with van der Waals surface area (Å²) in [6.45, 7) is 5.38. The van der Waals surface area contributed by atoms with Crippen LogP contribution in [0.25, 0.3) is 0 Å². The number of thioether (sulfide) groups is 1. The van der Waals surface area contributed by atoms with E-state index in [2.05, 4.69) is 10.4 Å². The molecule has 0 aliphatic carbocycles. The van der Waals surface area contributed by atoms with Gasteiger partial charge in [0.15, 0.2) is 5.17 Å². The van der Waals surface area contributed by atoms with Crippen molar-refractivity contribution < 1.29 is 14.3 Å². The minimum absolute atomic E-state index is 0.179. The maximum atomic E-state index is 11.7. The van der Waals surface area contributed by atoms with Crippen molar-refractivity contribution >= 4 is 28.7 Å². The minimum Gasteiger partial charge on any atom is -0.494 e. The van der Waals surface area contributed by atoms with Crippen LogP contribution in [0.2, 0.25) is 0 Å². The van der Waals surface area contributed by atoms with Gasteiger partial charge in [-0.15, -0.1) is 5.10 Å². The number of carbonyl (C=O) groups excluding carboxylic acids is 2. The monoisotopic (exact) mass is 307 g/mol. The van der Waals surface area contributed by atoms with Crippen LogP contribution < -0.4 is 10.1 Å². The first-order valence-corrected chi connectivity index (χ1v) is 7.44. The lowest BCUT2D eigenvalue weighted by atomic mass is 10.2. The summed E-state index contributed by atoms with van der Waals surface area (Å²) in [5.41, 5.74) is 0.919. The van der Waals surface area contributed by atoms with E-state index in [0.29, 0.717) is 11.8 Å². The number of nitrogens with one attached hydrogen (secondary N) is 1. The van der Waals surface area contributed by atoms with Gasteiger partial charge >= 0.3 is 0 Å². The van der Waals surface area contributed by atoms with Crippen LogP contribution in [0.15, 0.2) is 29.4 Å². The van der Waals surface area contributed by atoms with Crippen LogP contribution in [0.1, 0.15) is 31.7 Å². The summed E-state index contributed by atoms with van der Waals surface area (Å²) in [5, 5.41) is 8.27. The molecule has 2 amide bonds. The molecule has 21 heavy (non-hydrogen) atoms. The Morgan fingerprint density at radius 2 is 2.00 bits per heavy atom. The van der Waals surface area contributed by atoms with Crippen molar-refractivity contribution in [2.24, 2.45) is 5.10 Å². The standard InChI is InChI=1S/C14H17N3O3S/c1-4-20-12-7-5-11(6-8-12)13-17(10(3)19)16-14(21-13)15-9(2)18/h5-8,13H,4H2,1-3H3,(H,15,16,18)/t13-/m0/s1. The molecule has 0 spiro atoms. The molecule has 112 valence electrons. The summed E-state index contributed by atoms with van der Waals surface area (Å²) < 4.78 is 5.40. The van der Waals surface area contributed by atoms with Gasteiger partial charge in [-0.3, -0.25) is 9.59 Å². The molecule has 0 aromatic heterocycles. The second-order valence-corrected chi connectivity index (χ2v) is 5.49. The highest BCUT2D eigenvalue weighted by atomic mass is 32.2. The molecule has 1 atom stereocenters. The molecule has 1 heterocycles. The maximum absolute atomic E-state index is 11.7. The highest BCUT2D eigenvalue weighted by molar-refractivity contribution is 8.14. The van der Waals surface area contributed by atoms with E-state index in [4.69, 9.17) is 4.74 Å². The summed E-state index contributed by atoms with van der Waals surface area (Å²) in [5.74, 6) is 0.389. The second kappa shape index (κ2) is 6.62. The number of hydrogen-bond donors (Lipinski definition) is 1. The van der Waals surface area contributed by atoms with E-state index in [-0.39, 0.29) is 17.2 Å². The predicted octanol–water partition coefficient (Wildman–Crippen LogP) is 2.09. The number of carbonyl (C=O) groups is 2. The van der Waals surface area contributed by atoms with Crippen LogP contribution in [0, 0.1) is 0 Å². The van der Waals surface area contributed by atoms with E-state index in [1.54, 1.807) is 0 Å². The van der Waals surface area contributed by atoms with E-state index in [1.165, 1.54) is 30.6 Å². The number of rotatable bonds is 3. The van der Waals surface area contributed by atoms with Crippen molar-refractivity contribution in [1.82, 2.24) is 10.3 Å². The fourth-order valence-corrected chi connectivity index (χ4v) is 3.01. The van der Waals surface area contributed by atoms with Gasteiger partial charge in [0, 0.05) is 13.8 Å². The Bertz CT molecular complexity index is 571. The van der Waals surface area contributed by atoms with E-state index < -0.39 is 0 Å². The van der Waals surface area contributed by atoms with Gasteiger partial charge in [-0.1, -0.05) is 23.9 Å². The van der Waals surface area contributed by atoms with Crippen LogP contribution in [-0.2, 0) is 9.59 Å². The Balaban J connectivity index is 2.18. The van der Waals surface area contributed by atoms with E-state index in [1.807, 2.05) is 31.2 Å². The Morgan fingerprint density at radius 3 is 2.52 bits per heavy atom. The van der Waals surface area contributed by atoms with Crippen molar-refractivity contribution in [2.45, 2.75) is 26.1 Å². The fourth-order valence-electron chi connectivity index (χ4n) is 1.87. The van der Waals surface area contributed by atoms with E-state index in [0.717, 1.165) is 11.3 Å².